The van der Waals surface area contributed by atoms with Gasteiger partial charge in [0, 0.05) is 25.4 Å². The predicted octanol–water partition coefficient (Wildman–Crippen LogP) is 5.77. The Morgan fingerprint density at radius 2 is 2.03 bits per heavy atom. The molecule has 8 nitrogen and oxygen atoms in total. The summed E-state index contributed by atoms with van der Waals surface area (Å²) in [6, 6.07) is 3.48. The highest BCUT2D eigenvalue weighted by molar-refractivity contribution is 6.31. The van der Waals surface area contributed by atoms with E-state index in [-0.39, 0.29) is 29.3 Å². The lowest BCUT2D eigenvalue weighted by atomic mass is 9.91. The molecule has 1 aromatic heterocycles. The summed E-state index contributed by atoms with van der Waals surface area (Å²) >= 11 is 6.34. The van der Waals surface area contributed by atoms with Crippen LogP contribution < -0.4 is 4.74 Å². The smallest absolute Gasteiger partial charge is 0.410 e. The van der Waals surface area contributed by atoms with Crippen LogP contribution in [-0.2, 0) is 11.3 Å². The predicted molar refractivity (Wildman–Crippen MR) is 122 cm³/mol. The number of hydrogen-bond acceptors (Lipinski definition) is 6. The van der Waals surface area contributed by atoms with E-state index in [0.29, 0.717) is 13.1 Å². The monoisotopic (exact) mass is 495 g/mol. The number of hydrogen-bond donors (Lipinski definition) is 0. The molecule has 1 aliphatic heterocycles. The van der Waals surface area contributed by atoms with Crippen LogP contribution in [0.2, 0.25) is 5.02 Å². The maximum atomic E-state index is 14.1. The van der Waals surface area contributed by atoms with Crippen LogP contribution in [0.15, 0.2) is 30.5 Å². The summed E-state index contributed by atoms with van der Waals surface area (Å²) in [6.45, 7) is 7.98. The molecule has 11 heteroatoms. The summed E-state index contributed by atoms with van der Waals surface area (Å²) in [5.41, 5.74) is 0.444. The number of nitro groups is 1. The maximum Gasteiger partial charge on any atom is 0.410 e. The zero-order valence-corrected chi connectivity index (χ0v) is 19.9. The van der Waals surface area contributed by atoms with Gasteiger partial charge in [0.2, 0.25) is 11.6 Å². The topological polar surface area (TPSA) is 94.8 Å². The third kappa shape index (κ3) is 5.80. The summed E-state index contributed by atoms with van der Waals surface area (Å²) < 4.78 is 38.5. The summed E-state index contributed by atoms with van der Waals surface area (Å²) in [6.07, 6.45) is 3.12. The van der Waals surface area contributed by atoms with Crippen molar-refractivity contribution in [2.24, 2.45) is 5.92 Å². The van der Waals surface area contributed by atoms with Crippen LogP contribution in [0.1, 0.15) is 39.0 Å². The van der Waals surface area contributed by atoms with Gasteiger partial charge in [-0.2, -0.15) is 8.78 Å². The highest BCUT2D eigenvalue weighted by Gasteiger charge is 2.28. The van der Waals surface area contributed by atoms with Crippen molar-refractivity contribution in [1.29, 1.82) is 0 Å². The highest BCUT2D eigenvalue weighted by atomic mass is 35.5. The average Bonchev–Trinajstić information content (AvgIpc) is 2.74. The summed E-state index contributed by atoms with van der Waals surface area (Å²) in [4.78, 5) is 27.9. The molecule has 0 fully saturated rings. The van der Waals surface area contributed by atoms with E-state index in [4.69, 9.17) is 21.1 Å². The van der Waals surface area contributed by atoms with Crippen LogP contribution in [0.3, 0.4) is 0 Å². The number of carbonyl (C=O) groups is 1. The van der Waals surface area contributed by atoms with Crippen LogP contribution >= 0.6 is 11.6 Å². The fourth-order valence-corrected chi connectivity index (χ4v) is 3.66. The van der Waals surface area contributed by atoms with Gasteiger partial charge in [-0.3, -0.25) is 15.1 Å². The summed E-state index contributed by atoms with van der Waals surface area (Å²) in [5, 5.41) is 11.0. The molecule has 0 saturated carbocycles. The van der Waals surface area contributed by atoms with E-state index in [0.717, 1.165) is 23.3 Å². The molecule has 1 amide bonds. The molecule has 34 heavy (non-hydrogen) atoms. The molecule has 0 aliphatic carbocycles. The molecule has 1 aromatic carbocycles. The molecule has 0 radical (unpaired) electrons. The van der Waals surface area contributed by atoms with Gasteiger partial charge in [-0.25, -0.2) is 4.79 Å². The van der Waals surface area contributed by atoms with Crippen molar-refractivity contribution in [1.82, 2.24) is 9.88 Å². The van der Waals surface area contributed by atoms with E-state index in [1.165, 1.54) is 0 Å². The van der Waals surface area contributed by atoms with Crippen molar-refractivity contribution in [2.75, 3.05) is 13.1 Å². The molecule has 2 aromatic rings. The number of rotatable bonds is 5. The van der Waals surface area contributed by atoms with Gasteiger partial charge in [0.15, 0.2) is 5.75 Å². The van der Waals surface area contributed by atoms with Crippen molar-refractivity contribution < 1.29 is 28.0 Å². The van der Waals surface area contributed by atoms with E-state index in [1.54, 1.807) is 17.2 Å². The Balaban J connectivity index is 1.70. The third-order valence-electron chi connectivity index (χ3n) is 5.05. The second kappa shape index (κ2) is 9.92. The molecule has 0 N–H and O–H groups in total. The molecule has 1 unspecified atom stereocenters. The fraction of sp³-hybridized carbons (Fsp3) is 0.391. The van der Waals surface area contributed by atoms with Gasteiger partial charge in [0.05, 0.1) is 15.6 Å². The molecular formula is C23H24ClF2N3O5. The average molecular weight is 496 g/mol. The minimum atomic E-state index is -1.60. The first-order valence-electron chi connectivity index (χ1n) is 10.5. The Kier molecular flexibility index (Phi) is 7.40. The van der Waals surface area contributed by atoms with Crippen molar-refractivity contribution in [3.63, 3.8) is 0 Å². The first-order valence-corrected chi connectivity index (χ1v) is 10.8. The quantitative estimate of drug-likeness (QED) is 0.386. The van der Waals surface area contributed by atoms with E-state index in [9.17, 15) is 23.7 Å². The Bertz CT molecular complexity index is 1150. The number of nitro benzene ring substituents is 1. The van der Waals surface area contributed by atoms with E-state index in [2.05, 4.69) is 4.98 Å². The van der Waals surface area contributed by atoms with Crippen molar-refractivity contribution in [3.8, 4) is 5.75 Å². The molecule has 3 rings (SSSR count). The van der Waals surface area contributed by atoms with Gasteiger partial charge in [-0.05, 0) is 50.0 Å². The van der Waals surface area contributed by atoms with E-state index < -0.39 is 33.6 Å². The number of aromatic nitrogens is 1. The Hall–Kier alpha value is -3.27. The van der Waals surface area contributed by atoms with Gasteiger partial charge < -0.3 is 14.4 Å². The normalized spacial score (nSPS) is 16.1. The zero-order valence-electron chi connectivity index (χ0n) is 19.1. The number of ether oxygens (including phenoxy) is 2. The minimum absolute atomic E-state index is 0.00147. The number of pyridine rings is 1. The lowest BCUT2D eigenvalue weighted by molar-refractivity contribution is -0.387. The van der Waals surface area contributed by atoms with Gasteiger partial charge in [-0.15, -0.1) is 0 Å². The lowest BCUT2D eigenvalue weighted by Gasteiger charge is -2.33. The third-order valence-corrected chi connectivity index (χ3v) is 5.37. The van der Waals surface area contributed by atoms with Crippen molar-refractivity contribution in [3.05, 3.63) is 68.5 Å². The lowest BCUT2D eigenvalue weighted by Crippen LogP contribution is -2.41. The van der Waals surface area contributed by atoms with Crippen molar-refractivity contribution in [2.45, 2.75) is 39.9 Å². The molecular weight excluding hydrogens is 472 g/mol. The summed E-state index contributed by atoms with van der Waals surface area (Å²) in [5.74, 6) is -3.55. The fourth-order valence-electron chi connectivity index (χ4n) is 3.44. The van der Waals surface area contributed by atoms with E-state index in [1.807, 2.05) is 33.8 Å². The molecule has 1 aliphatic rings. The van der Waals surface area contributed by atoms with Gasteiger partial charge >= 0.3 is 11.8 Å². The number of carbonyl (C=O) groups excluding carboxylic acids is 1. The number of benzene rings is 1. The first-order chi connectivity index (χ1) is 15.9. The molecule has 0 saturated heterocycles. The molecule has 0 spiro atoms. The van der Waals surface area contributed by atoms with Crippen LogP contribution in [0.4, 0.5) is 19.3 Å². The van der Waals surface area contributed by atoms with Gasteiger partial charge in [-0.1, -0.05) is 24.6 Å². The zero-order chi connectivity index (χ0) is 25.2. The minimum Gasteiger partial charge on any atom is -0.484 e. The van der Waals surface area contributed by atoms with Crippen LogP contribution in [0.5, 0.6) is 5.75 Å². The highest BCUT2D eigenvalue weighted by Crippen LogP contribution is 2.31. The van der Waals surface area contributed by atoms with Crippen LogP contribution in [0, 0.1) is 27.7 Å². The van der Waals surface area contributed by atoms with Gasteiger partial charge in [0.1, 0.15) is 12.2 Å². The molecule has 0 bridgehead atoms. The molecule has 2 heterocycles. The Morgan fingerprint density at radius 1 is 1.32 bits per heavy atom. The SMILES string of the molecule is CC1CN(C(=O)OC(C)(C)C)CC=C1c1cnc(COc2ccc([N+](=O)[O-])c(F)c2F)c(Cl)c1. The standard InChI is InChI=1S/C23H24ClF2N3O5/c1-13-11-28(22(30)34-23(2,3)4)8-7-15(13)14-9-16(24)17(27-10-14)12-33-19-6-5-18(29(31)32)20(25)21(19)26/h5-7,9-10,13H,8,11-12H2,1-4H3. The van der Waals surface area contributed by atoms with Crippen molar-refractivity contribution >= 4 is 29.0 Å². The van der Waals surface area contributed by atoms with Crippen LogP contribution in [0.25, 0.3) is 5.57 Å². The van der Waals surface area contributed by atoms with E-state index >= 15 is 0 Å². The van der Waals surface area contributed by atoms with Gasteiger partial charge in [0.25, 0.3) is 0 Å². The maximum absolute atomic E-state index is 14.1. The Labute approximate surface area is 200 Å². The first kappa shape index (κ1) is 25.4. The van der Waals surface area contributed by atoms with Crippen LogP contribution in [-0.4, -0.2) is 39.6 Å². The molecule has 1 atom stereocenters. The summed E-state index contributed by atoms with van der Waals surface area (Å²) in [7, 11) is 0. The second-order valence-electron chi connectivity index (χ2n) is 8.85. The number of amides is 1. The number of halogens is 3. The largest absolute Gasteiger partial charge is 0.484 e. The number of nitrogens with zero attached hydrogens (tertiary/aromatic N) is 3. The Morgan fingerprint density at radius 3 is 2.62 bits per heavy atom. The second-order valence-corrected chi connectivity index (χ2v) is 9.26. The molecule has 182 valence electrons.